The number of carbonyl (C=O) groups is 1. The van der Waals surface area contributed by atoms with Gasteiger partial charge in [0.1, 0.15) is 0 Å². The van der Waals surface area contributed by atoms with Gasteiger partial charge in [0.2, 0.25) is 5.91 Å². The van der Waals surface area contributed by atoms with Crippen LogP contribution < -0.4 is 5.73 Å². The molecule has 0 aromatic carbocycles. The lowest BCUT2D eigenvalue weighted by Gasteiger charge is -2.25. The normalized spacial score (nSPS) is 41.2. The van der Waals surface area contributed by atoms with E-state index in [0.29, 0.717) is 23.7 Å². The van der Waals surface area contributed by atoms with E-state index in [-0.39, 0.29) is 12.0 Å². The largest absolute Gasteiger partial charge is 0.342 e. The van der Waals surface area contributed by atoms with Crippen LogP contribution in [0.15, 0.2) is 12.2 Å². The smallest absolute Gasteiger partial charge is 0.226 e. The third-order valence-electron chi connectivity index (χ3n) is 4.88. The Balaban J connectivity index is 1.62. The number of fused-ring (bicyclic) bond motifs is 2. The molecular weight excluding hydrogens is 212 g/mol. The molecular formula is C14H22N2O. The van der Waals surface area contributed by atoms with Crippen molar-refractivity contribution < 1.29 is 4.79 Å². The monoisotopic (exact) mass is 234 g/mol. The molecule has 0 spiro atoms. The Morgan fingerprint density at radius 3 is 2.76 bits per heavy atom. The van der Waals surface area contributed by atoms with Crippen molar-refractivity contribution in [2.45, 2.75) is 32.2 Å². The third-order valence-corrected chi connectivity index (χ3v) is 4.88. The highest BCUT2D eigenvalue weighted by atomic mass is 16.2. The Hall–Kier alpha value is -0.830. The van der Waals surface area contributed by atoms with Gasteiger partial charge in [-0.2, -0.15) is 0 Å². The number of hydrogen-bond donors (Lipinski definition) is 1. The zero-order valence-corrected chi connectivity index (χ0v) is 10.5. The fourth-order valence-corrected chi connectivity index (χ4v) is 3.72. The van der Waals surface area contributed by atoms with Crippen molar-refractivity contribution in [3.8, 4) is 0 Å². The molecule has 1 saturated heterocycles. The zero-order chi connectivity index (χ0) is 12.0. The van der Waals surface area contributed by atoms with Crippen molar-refractivity contribution >= 4 is 5.91 Å². The highest BCUT2D eigenvalue weighted by Crippen LogP contribution is 2.44. The summed E-state index contributed by atoms with van der Waals surface area (Å²) in [7, 11) is 0. The van der Waals surface area contributed by atoms with Crippen LogP contribution in [0.3, 0.4) is 0 Å². The summed E-state index contributed by atoms with van der Waals surface area (Å²) in [6.07, 6.45) is 7.93. The van der Waals surface area contributed by atoms with E-state index >= 15 is 0 Å². The van der Waals surface area contributed by atoms with Gasteiger partial charge in [0.05, 0.1) is 0 Å². The molecule has 0 aromatic heterocycles. The molecule has 2 fully saturated rings. The van der Waals surface area contributed by atoms with Crippen LogP contribution in [0.4, 0.5) is 0 Å². The Bertz CT molecular complexity index is 350. The van der Waals surface area contributed by atoms with E-state index in [1.165, 1.54) is 6.42 Å². The molecule has 94 valence electrons. The molecule has 3 heteroatoms. The molecule has 1 saturated carbocycles. The van der Waals surface area contributed by atoms with E-state index in [9.17, 15) is 4.79 Å². The minimum atomic E-state index is 0.215. The van der Waals surface area contributed by atoms with E-state index < -0.39 is 0 Å². The summed E-state index contributed by atoms with van der Waals surface area (Å²) in [5, 5.41) is 0. The number of nitrogens with two attached hydrogens (primary N) is 1. The second-order valence-corrected chi connectivity index (χ2v) is 6.08. The number of amides is 1. The number of likely N-dealkylation sites (tertiary alicyclic amines) is 1. The first-order valence-electron chi connectivity index (χ1n) is 6.88. The molecule has 2 N–H and O–H groups in total. The molecule has 17 heavy (non-hydrogen) atoms. The van der Waals surface area contributed by atoms with Gasteiger partial charge >= 0.3 is 0 Å². The summed E-state index contributed by atoms with van der Waals surface area (Å²) in [4.78, 5) is 14.5. The molecule has 1 aliphatic heterocycles. The predicted octanol–water partition coefficient (Wildman–Crippen LogP) is 1.39. The summed E-state index contributed by atoms with van der Waals surface area (Å²) in [6.45, 7) is 3.86. The lowest BCUT2D eigenvalue weighted by Crippen LogP contribution is -2.37. The summed E-state index contributed by atoms with van der Waals surface area (Å²) in [6, 6.07) is 0.215. The summed E-state index contributed by atoms with van der Waals surface area (Å²) in [5.74, 6) is 2.39. The van der Waals surface area contributed by atoms with Gasteiger partial charge in [-0.3, -0.25) is 4.79 Å². The lowest BCUT2D eigenvalue weighted by atomic mass is 9.92. The molecule has 3 nitrogen and oxygen atoms in total. The van der Waals surface area contributed by atoms with E-state index in [1.807, 2.05) is 0 Å². The fourth-order valence-electron chi connectivity index (χ4n) is 3.72. The SMILES string of the molecule is CC(N)C1CCN(C(=O)C2CC3C=CC2C3)C1. The highest BCUT2D eigenvalue weighted by molar-refractivity contribution is 5.80. The first kappa shape index (κ1) is 11.3. The lowest BCUT2D eigenvalue weighted by molar-refractivity contribution is -0.135. The second kappa shape index (κ2) is 4.13. The van der Waals surface area contributed by atoms with Crippen LogP contribution in [-0.4, -0.2) is 29.9 Å². The van der Waals surface area contributed by atoms with Crippen LogP contribution in [-0.2, 0) is 4.79 Å². The van der Waals surface area contributed by atoms with Gasteiger partial charge in [-0.15, -0.1) is 0 Å². The van der Waals surface area contributed by atoms with Crippen molar-refractivity contribution in [2.75, 3.05) is 13.1 Å². The number of carbonyl (C=O) groups excluding carboxylic acids is 1. The minimum absolute atomic E-state index is 0.215. The molecule has 5 atom stereocenters. The van der Waals surface area contributed by atoms with E-state index in [2.05, 4.69) is 24.0 Å². The Morgan fingerprint density at radius 2 is 2.24 bits per heavy atom. The van der Waals surface area contributed by atoms with Gasteiger partial charge < -0.3 is 10.6 Å². The molecule has 0 radical (unpaired) electrons. The Labute approximate surface area is 103 Å². The molecule has 3 aliphatic rings. The maximum atomic E-state index is 12.5. The molecule has 3 rings (SSSR count). The fraction of sp³-hybridized carbons (Fsp3) is 0.786. The Kier molecular flexibility index (Phi) is 2.74. The first-order chi connectivity index (χ1) is 8.15. The number of nitrogens with zero attached hydrogens (tertiary/aromatic N) is 1. The predicted molar refractivity (Wildman–Crippen MR) is 67.2 cm³/mol. The van der Waals surface area contributed by atoms with Crippen molar-refractivity contribution in [3.63, 3.8) is 0 Å². The van der Waals surface area contributed by atoms with Crippen molar-refractivity contribution in [1.82, 2.24) is 4.90 Å². The van der Waals surface area contributed by atoms with Crippen LogP contribution in [0.5, 0.6) is 0 Å². The van der Waals surface area contributed by atoms with Gasteiger partial charge in [-0.1, -0.05) is 12.2 Å². The maximum absolute atomic E-state index is 12.5. The average Bonchev–Trinajstić information content (AvgIpc) is 3.03. The summed E-state index contributed by atoms with van der Waals surface area (Å²) < 4.78 is 0. The van der Waals surface area contributed by atoms with Crippen LogP contribution in [0.2, 0.25) is 0 Å². The number of rotatable bonds is 2. The van der Waals surface area contributed by atoms with Gasteiger partial charge in [0.25, 0.3) is 0 Å². The minimum Gasteiger partial charge on any atom is -0.342 e. The Morgan fingerprint density at radius 1 is 1.41 bits per heavy atom. The molecule has 2 bridgehead atoms. The van der Waals surface area contributed by atoms with E-state index in [1.54, 1.807) is 0 Å². The van der Waals surface area contributed by atoms with E-state index in [4.69, 9.17) is 5.73 Å². The standard InChI is InChI=1S/C14H22N2O/c1-9(15)12-4-5-16(8-12)14(17)13-7-10-2-3-11(13)6-10/h2-3,9-13H,4-8,15H2,1H3. The first-order valence-corrected chi connectivity index (χ1v) is 6.88. The average molecular weight is 234 g/mol. The topological polar surface area (TPSA) is 46.3 Å². The second-order valence-electron chi connectivity index (χ2n) is 6.08. The third kappa shape index (κ3) is 1.90. The molecule has 0 aromatic rings. The highest BCUT2D eigenvalue weighted by Gasteiger charge is 2.42. The molecule has 1 amide bonds. The molecule has 2 aliphatic carbocycles. The zero-order valence-electron chi connectivity index (χ0n) is 10.5. The van der Waals surface area contributed by atoms with Gasteiger partial charge in [0, 0.05) is 25.0 Å². The van der Waals surface area contributed by atoms with Crippen LogP contribution in [0.1, 0.15) is 26.2 Å². The van der Waals surface area contributed by atoms with E-state index in [0.717, 1.165) is 25.9 Å². The molecule has 5 unspecified atom stereocenters. The van der Waals surface area contributed by atoms with Gasteiger partial charge in [-0.05, 0) is 43.9 Å². The van der Waals surface area contributed by atoms with Gasteiger partial charge in [0.15, 0.2) is 0 Å². The maximum Gasteiger partial charge on any atom is 0.226 e. The van der Waals surface area contributed by atoms with Crippen molar-refractivity contribution in [3.05, 3.63) is 12.2 Å². The summed E-state index contributed by atoms with van der Waals surface area (Å²) in [5.41, 5.74) is 5.92. The van der Waals surface area contributed by atoms with Crippen LogP contribution >= 0.6 is 0 Å². The van der Waals surface area contributed by atoms with Crippen LogP contribution in [0.25, 0.3) is 0 Å². The quantitative estimate of drug-likeness (QED) is 0.734. The number of hydrogen-bond acceptors (Lipinski definition) is 2. The van der Waals surface area contributed by atoms with Gasteiger partial charge in [-0.25, -0.2) is 0 Å². The molecule has 1 heterocycles. The number of allylic oxidation sites excluding steroid dienone is 2. The van der Waals surface area contributed by atoms with Crippen molar-refractivity contribution in [2.24, 2.45) is 29.4 Å². The van der Waals surface area contributed by atoms with Crippen molar-refractivity contribution in [1.29, 1.82) is 0 Å². The van der Waals surface area contributed by atoms with Crippen LogP contribution in [0, 0.1) is 23.7 Å². The summed E-state index contributed by atoms with van der Waals surface area (Å²) >= 11 is 0.